The molecule has 0 fully saturated rings. The van der Waals surface area contributed by atoms with Gasteiger partial charge in [-0.05, 0) is 6.07 Å². The van der Waals surface area contributed by atoms with Crippen LogP contribution in [-0.2, 0) is 0 Å². The molecule has 0 saturated heterocycles. The summed E-state index contributed by atoms with van der Waals surface area (Å²) in [6, 6.07) is 6.39. The lowest BCUT2D eigenvalue weighted by Crippen LogP contribution is -1.91. The SMILES string of the molecule is O=[N+]([O-])c1ccccc1C#CCS. The monoisotopic (exact) mass is 193 g/mol. The number of nitrogens with zero attached hydrogens (tertiary/aromatic N) is 1. The lowest BCUT2D eigenvalue weighted by atomic mass is 10.2. The van der Waals surface area contributed by atoms with Gasteiger partial charge >= 0.3 is 0 Å². The Morgan fingerprint density at radius 2 is 2.15 bits per heavy atom. The Kier molecular flexibility index (Phi) is 3.35. The van der Waals surface area contributed by atoms with Crippen LogP contribution in [0, 0.1) is 22.0 Å². The molecule has 3 nitrogen and oxygen atoms in total. The van der Waals surface area contributed by atoms with E-state index in [4.69, 9.17) is 0 Å². The molecular formula is C9H7NO2S. The summed E-state index contributed by atoms with van der Waals surface area (Å²) >= 11 is 3.89. The topological polar surface area (TPSA) is 43.1 Å². The van der Waals surface area contributed by atoms with Gasteiger partial charge in [0.25, 0.3) is 5.69 Å². The zero-order valence-electron chi connectivity index (χ0n) is 6.73. The molecule has 66 valence electrons. The van der Waals surface area contributed by atoms with E-state index in [0.717, 1.165) is 0 Å². The van der Waals surface area contributed by atoms with Crippen molar-refractivity contribution in [3.05, 3.63) is 39.9 Å². The van der Waals surface area contributed by atoms with E-state index in [1.54, 1.807) is 18.2 Å². The molecule has 0 aliphatic carbocycles. The minimum absolute atomic E-state index is 0.0387. The van der Waals surface area contributed by atoms with Crippen LogP contribution in [0.1, 0.15) is 5.56 Å². The van der Waals surface area contributed by atoms with Gasteiger partial charge in [0.15, 0.2) is 0 Å². The number of nitro benzene ring substituents is 1. The zero-order valence-corrected chi connectivity index (χ0v) is 7.62. The predicted octanol–water partition coefficient (Wildman–Crippen LogP) is 1.88. The number of para-hydroxylation sites is 1. The van der Waals surface area contributed by atoms with Crippen molar-refractivity contribution in [3.63, 3.8) is 0 Å². The number of rotatable bonds is 1. The summed E-state index contributed by atoms with van der Waals surface area (Å²) < 4.78 is 0. The molecule has 0 heterocycles. The molecule has 0 aliphatic heterocycles. The third-order valence-corrected chi connectivity index (χ3v) is 1.56. The maximum Gasteiger partial charge on any atom is 0.284 e. The molecule has 1 aromatic rings. The smallest absolute Gasteiger partial charge is 0.258 e. The second-order valence-electron chi connectivity index (χ2n) is 2.23. The van der Waals surface area contributed by atoms with E-state index in [1.807, 2.05) is 0 Å². The first kappa shape index (κ1) is 9.62. The Hall–Kier alpha value is -1.47. The molecule has 0 radical (unpaired) electrons. The first-order valence-corrected chi connectivity index (χ1v) is 4.22. The van der Waals surface area contributed by atoms with Gasteiger partial charge in [-0.1, -0.05) is 24.0 Å². The van der Waals surface area contributed by atoms with Gasteiger partial charge in [0, 0.05) is 6.07 Å². The molecule has 0 spiro atoms. The van der Waals surface area contributed by atoms with Crippen molar-refractivity contribution < 1.29 is 4.92 Å². The first-order chi connectivity index (χ1) is 6.25. The Morgan fingerprint density at radius 3 is 2.77 bits per heavy atom. The number of hydrogen-bond donors (Lipinski definition) is 1. The molecule has 0 amide bonds. The summed E-state index contributed by atoms with van der Waals surface area (Å²) in [7, 11) is 0. The molecule has 0 saturated carbocycles. The van der Waals surface area contributed by atoms with E-state index in [0.29, 0.717) is 11.3 Å². The molecule has 0 N–H and O–H groups in total. The molecule has 1 rings (SSSR count). The normalized spacial score (nSPS) is 8.69. The number of benzene rings is 1. The van der Waals surface area contributed by atoms with Crippen LogP contribution in [0.15, 0.2) is 24.3 Å². The third kappa shape index (κ3) is 2.49. The molecule has 0 atom stereocenters. The highest BCUT2D eigenvalue weighted by molar-refractivity contribution is 7.80. The van der Waals surface area contributed by atoms with Gasteiger partial charge in [-0.15, -0.1) is 0 Å². The molecule has 13 heavy (non-hydrogen) atoms. The molecule has 0 unspecified atom stereocenters. The van der Waals surface area contributed by atoms with Crippen LogP contribution in [0.3, 0.4) is 0 Å². The summed E-state index contributed by atoms with van der Waals surface area (Å²) in [4.78, 5) is 10.1. The fourth-order valence-corrected chi connectivity index (χ4v) is 0.952. The number of hydrogen-bond acceptors (Lipinski definition) is 3. The molecule has 0 aromatic heterocycles. The minimum atomic E-state index is -0.442. The van der Waals surface area contributed by atoms with Crippen LogP contribution < -0.4 is 0 Å². The fraction of sp³-hybridized carbons (Fsp3) is 0.111. The van der Waals surface area contributed by atoms with E-state index >= 15 is 0 Å². The van der Waals surface area contributed by atoms with E-state index in [1.165, 1.54) is 6.07 Å². The Morgan fingerprint density at radius 1 is 1.46 bits per heavy atom. The van der Waals surface area contributed by atoms with Crippen molar-refractivity contribution in [1.82, 2.24) is 0 Å². The van der Waals surface area contributed by atoms with Crippen molar-refractivity contribution in [3.8, 4) is 11.8 Å². The van der Waals surface area contributed by atoms with Crippen LogP contribution in [0.2, 0.25) is 0 Å². The molecule has 0 bridgehead atoms. The van der Waals surface area contributed by atoms with Crippen molar-refractivity contribution in [2.75, 3.05) is 5.75 Å². The average molecular weight is 193 g/mol. The van der Waals surface area contributed by atoms with Crippen LogP contribution in [-0.4, -0.2) is 10.7 Å². The summed E-state index contributed by atoms with van der Waals surface area (Å²) in [5.41, 5.74) is 0.471. The highest BCUT2D eigenvalue weighted by Crippen LogP contribution is 2.15. The average Bonchev–Trinajstić information content (AvgIpc) is 2.15. The second-order valence-corrected chi connectivity index (χ2v) is 2.55. The quantitative estimate of drug-likeness (QED) is 0.320. The summed E-state index contributed by atoms with van der Waals surface area (Å²) in [5.74, 6) is 5.74. The standard InChI is InChI=1S/C9H7NO2S/c11-10(12)9-6-2-1-4-8(9)5-3-7-13/h1-2,4,6,13H,7H2. The maximum atomic E-state index is 10.5. The number of thiol groups is 1. The van der Waals surface area contributed by atoms with E-state index in [9.17, 15) is 10.1 Å². The van der Waals surface area contributed by atoms with Gasteiger partial charge in [0.05, 0.1) is 10.7 Å². The molecule has 1 aromatic carbocycles. The van der Waals surface area contributed by atoms with Crippen LogP contribution in [0.5, 0.6) is 0 Å². The van der Waals surface area contributed by atoms with Gasteiger partial charge < -0.3 is 0 Å². The van der Waals surface area contributed by atoms with Gasteiger partial charge in [0.2, 0.25) is 0 Å². The van der Waals surface area contributed by atoms with E-state index < -0.39 is 4.92 Å². The maximum absolute atomic E-state index is 10.5. The van der Waals surface area contributed by atoms with Crippen molar-refractivity contribution in [2.24, 2.45) is 0 Å². The Bertz CT molecular complexity index is 379. The molecule has 0 aliphatic rings. The lowest BCUT2D eigenvalue weighted by Gasteiger charge is -1.92. The van der Waals surface area contributed by atoms with E-state index in [2.05, 4.69) is 24.5 Å². The van der Waals surface area contributed by atoms with Crippen molar-refractivity contribution >= 4 is 18.3 Å². The summed E-state index contributed by atoms with van der Waals surface area (Å²) in [6.45, 7) is 0. The predicted molar refractivity (Wildman–Crippen MR) is 53.8 cm³/mol. The van der Waals surface area contributed by atoms with E-state index in [-0.39, 0.29) is 5.69 Å². The lowest BCUT2D eigenvalue weighted by molar-refractivity contribution is -0.385. The summed E-state index contributed by atoms with van der Waals surface area (Å²) in [6.07, 6.45) is 0. The Labute approximate surface area is 81.3 Å². The number of nitro groups is 1. The van der Waals surface area contributed by atoms with Crippen LogP contribution in [0.25, 0.3) is 0 Å². The summed E-state index contributed by atoms with van der Waals surface area (Å²) in [5, 5.41) is 10.5. The third-order valence-electron chi connectivity index (χ3n) is 1.40. The van der Waals surface area contributed by atoms with Crippen molar-refractivity contribution in [1.29, 1.82) is 0 Å². The Balaban J connectivity index is 3.12. The van der Waals surface area contributed by atoms with Gasteiger partial charge in [-0.2, -0.15) is 12.6 Å². The largest absolute Gasteiger partial charge is 0.284 e. The van der Waals surface area contributed by atoms with Gasteiger partial charge in [-0.3, -0.25) is 10.1 Å². The fourth-order valence-electron chi connectivity index (χ4n) is 0.873. The first-order valence-electron chi connectivity index (χ1n) is 3.59. The highest BCUT2D eigenvalue weighted by Gasteiger charge is 2.08. The minimum Gasteiger partial charge on any atom is -0.258 e. The van der Waals surface area contributed by atoms with Crippen LogP contribution >= 0.6 is 12.6 Å². The van der Waals surface area contributed by atoms with Crippen molar-refractivity contribution in [2.45, 2.75) is 0 Å². The highest BCUT2D eigenvalue weighted by atomic mass is 32.1. The van der Waals surface area contributed by atoms with Gasteiger partial charge in [-0.25, -0.2) is 0 Å². The zero-order chi connectivity index (χ0) is 9.68. The van der Waals surface area contributed by atoms with Gasteiger partial charge in [0.1, 0.15) is 5.56 Å². The van der Waals surface area contributed by atoms with Crippen LogP contribution in [0.4, 0.5) is 5.69 Å². The second kappa shape index (κ2) is 4.53. The molecular weight excluding hydrogens is 186 g/mol. The molecule has 4 heteroatoms.